The Bertz CT molecular complexity index is 889. The molecule has 26 heavy (non-hydrogen) atoms. The molecule has 0 radical (unpaired) electrons. The number of ether oxygens (including phenoxy) is 1. The van der Waals surface area contributed by atoms with E-state index in [1.165, 1.54) is 0 Å². The van der Waals surface area contributed by atoms with Gasteiger partial charge >= 0.3 is 0 Å². The summed E-state index contributed by atoms with van der Waals surface area (Å²) in [6.45, 7) is 4.45. The van der Waals surface area contributed by atoms with E-state index in [1.807, 2.05) is 36.4 Å². The second-order valence-electron chi connectivity index (χ2n) is 6.07. The van der Waals surface area contributed by atoms with Crippen molar-refractivity contribution >= 4 is 5.91 Å². The summed E-state index contributed by atoms with van der Waals surface area (Å²) < 4.78 is 5.31. The molecule has 0 bridgehead atoms. The molecular formula is C20H21N3O3. The first kappa shape index (κ1) is 17.5. The number of amides is 1. The second-order valence-corrected chi connectivity index (χ2v) is 6.07. The van der Waals surface area contributed by atoms with Crippen LogP contribution in [0, 0.1) is 0 Å². The molecule has 6 heteroatoms. The van der Waals surface area contributed by atoms with E-state index in [0.717, 1.165) is 16.7 Å². The number of hydrogen-bond acceptors (Lipinski definition) is 5. The summed E-state index contributed by atoms with van der Waals surface area (Å²) in [7, 11) is 3.37. The highest BCUT2D eigenvalue weighted by atomic mass is 16.5. The fourth-order valence-electron chi connectivity index (χ4n) is 2.85. The number of rotatable bonds is 5. The highest BCUT2D eigenvalue weighted by Gasteiger charge is 2.26. The fourth-order valence-corrected chi connectivity index (χ4v) is 2.85. The van der Waals surface area contributed by atoms with Gasteiger partial charge in [0.2, 0.25) is 5.88 Å². The summed E-state index contributed by atoms with van der Waals surface area (Å²) in [6.07, 6.45) is 1.68. The molecule has 0 saturated carbocycles. The molecule has 3 rings (SSSR count). The predicted octanol–water partition coefficient (Wildman–Crippen LogP) is 2.64. The Kier molecular flexibility index (Phi) is 4.93. The lowest BCUT2D eigenvalue weighted by Crippen LogP contribution is -2.27. The zero-order valence-electron chi connectivity index (χ0n) is 14.8. The topological polar surface area (TPSA) is 74.7 Å². The summed E-state index contributed by atoms with van der Waals surface area (Å²) in [5.74, 6) is 0.215. The molecule has 0 fully saturated rings. The average Bonchev–Trinajstić information content (AvgIpc) is 2.93. The van der Waals surface area contributed by atoms with Crippen LogP contribution < -0.4 is 10.1 Å². The van der Waals surface area contributed by atoms with Gasteiger partial charge in [0.05, 0.1) is 24.9 Å². The molecule has 2 heterocycles. The number of hydrogen-bond donors (Lipinski definition) is 2. The third-order valence-corrected chi connectivity index (χ3v) is 4.34. The number of pyridine rings is 1. The number of aliphatic hydroxyl groups is 1. The molecule has 6 nitrogen and oxygen atoms in total. The number of nitrogens with zero attached hydrogens (tertiary/aromatic N) is 2. The minimum Gasteiger partial charge on any atom is -0.505 e. The number of carbonyl (C=O) groups is 1. The number of nitrogens with one attached hydrogen (secondary N) is 1. The first-order chi connectivity index (χ1) is 12.5. The normalized spacial score (nSPS) is 13.9. The number of aliphatic hydroxyl groups excluding tert-OH is 1. The minimum atomic E-state index is -0.294. The van der Waals surface area contributed by atoms with E-state index in [0.29, 0.717) is 30.2 Å². The van der Waals surface area contributed by atoms with Gasteiger partial charge in [0.1, 0.15) is 5.76 Å². The molecule has 1 aliphatic heterocycles. The predicted molar refractivity (Wildman–Crippen MR) is 99.5 cm³/mol. The largest absolute Gasteiger partial charge is 0.505 e. The Morgan fingerprint density at radius 1 is 1.38 bits per heavy atom. The smallest absolute Gasteiger partial charge is 0.253 e. The van der Waals surface area contributed by atoms with Crippen molar-refractivity contribution in [2.24, 2.45) is 0 Å². The van der Waals surface area contributed by atoms with Crippen molar-refractivity contribution in [3.8, 4) is 17.0 Å². The van der Waals surface area contributed by atoms with Crippen molar-refractivity contribution in [1.29, 1.82) is 0 Å². The maximum atomic E-state index is 12.3. The third kappa shape index (κ3) is 3.39. The maximum absolute atomic E-state index is 12.3. The van der Waals surface area contributed by atoms with Gasteiger partial charge in [0.25, 0.3) is 5.91 Å². The Hall–Kier alpha value is -3.28. The summed E-state index contributed by atoms with van der Waals surface area (Å²) in [6, 6.07) is 11.6. The molecule has 0 spiro atoms. The van der Waals surface area contributed by atoms with Crippen molar-refractivity contribution in [1.82, 2.24) is 15.2 Å². The second kappa shape index (κ2) is 7.31. The van der Waals surface area contributed by atoms with E-state index in [-0.39, 0.29) is 11.7 Å². The lowest BCUT2D eigenvalue weighted by Gasteiger charge is -2.11. The molecule has 0 aliphatic carbocycles. The molecule has 1 aromatic carbocycles. The summed E-state index contributed by atoms with van der Waals surface area (Å²) >= 11 is 0. The number of carbonyl (C=O) groups excluding carboxylic acids is 1. The van der Waals surface area contributed by atoms with Crippen LogP contribution in [0.4, 0.5) is 0 Å². The lowest BCUT2D eigenvalue weighted by molar-refractivity contribution is -0.117. The first-order valence-electron chi connectivity index (χ1n) is 8.20. The average molecular weight is 351 g/mol. The number of benzene rings is 1. The van der Waals surface area contributed by atoms with Crippen molar-refractivity contribution in [3.05, 3.63) is 71.8 Å². The quantitative estimate of drug-likeness (QED) is 0.866. The standard InChI is InChI=1S/C20H21N3O3/c1-13-18(24)17(12-23(13)2)19(25)22-11-14-6-4-7-15(10-14)16-8-5-9-21-20(16)26-3/h4-10,24H,1,11-12H2,2-3H3,(H,22,25). The molecule has 2 aromatic rings. The number of likely N-dealkylation sites (N-methyl/N-ethyl adjacent to an activating group) is 1. The molecule has 134 valence electrons. The third-order valence-electron chi connectivity index (χ3n) is 4.34. The summed E-state index contributed by atoms with van der Waals surface area (Å²) in [4.78, 5) is 18.3. The van der Waals surface area contributed by atoms with Gasteiger partial charge in [-0.1, -0.05) is 24.8 Å². The molecule has 1 amide bonds. The molecule has 2 N–H and O–H groups in total. The highest BCUT2D eigenvalue weighted by Crippen LogP contribution is 2.28. The van der Waals surface area contributed by atoms with Crippen LogP contribution in [0.15, 0.2) is 66.2 Å². The van der Waals surface area contributed by atoms with Crippen molar-refractivity contribution in [2.75, 3.05) is 20.7 Å². The number of methoxy groups -OCH3 is 1. The van der Waals surface area contributed by atoms with Gasteiger partial charge in [-0.2, -0.15) is 0 Å². The van der Waals surface area contributed by atoms with E-state index in [9.17, 15) is 9.90 Å². The van der Waals surface area contributed by atoms with Crippen molar-refractivity contribution < 1.29 is 14.6 Å². The SMILES string of the molecule is C=C1C(O)=C(C(=O)NCc2cccc(-c3cccnc3OC)c2)CN1C. The van der Waals surface area contributed by atoms with Gasteiger partial charge in [0.15, 0.2) is 0 Å². The first-order valence-corrected chi connectivity index (χ1v) is 8.20. The van der Waals surface area contributed by atoms with Crippen molar-refractivity contribution in [3.63, 3.8) is 0 Å². The van der Waals surface area contributed by atoms with Crippen LogP contribution in [-0.2, 0) is 11.3 Å². The van der Waals surface area contributed by atoms with Crippen LogP contribution in [0.25, 0.3) is 11.1 Å². The fraction of sp³-hybridized carbons (Fsp3) is 0.200. The van der Waals surface area contributed by atoms with Crippen LogP contribution >= 0.6 is 0 Å². The van der Waals surface area contributed by atoms with Crippen LogP contribution in [-0.4, -0.2) is 41.6 Å². The molecule has 1 aliphatic rings. The summed E-state index contributed by atoms with van der Waals surface area (Å²) in [5, 5.41) is 12.9. The lowest BCUT2D eigenvalue weighted by atomic mass is 10.0. The van der Waals surface area contributed by atoms with Gasteiger partial charge in [0, 0.05) is 25.4 Å². The Morgan fingerprint density at radius 3 is 2.88 bits per heavy atom. The monoisotopic (exact) mass is 351 g/mol. The minimum absolute atomic E-state index is 0.0427. The maximum Gasteiger partial charge on any atom is 0.253 e. The van der Waals surface area contributed by atoms with Gasteiger partial charge < -0.3 is 20.1 Å². The molecule has 0 atom stereocenters. The van der Waals surface area contributed by atoms with Crippen LogP contribution in [0.1, 0.15) is 5.56 Å². The van der Waals surface area contributed by atoms with E-state index in [2.05, 4.69) is 16.9 Å². The zero-order chi connectivity index (χ0) is 18.7. The molecular weight excluding hydrogens is 330 g/mol. The zero-order valence-corrected chi connectivity index (χ0v) is 14.8. The molecule has 0 saturated heterocycles. The molecule has 0 unspecified atom stereocenters. The van der Waals surface area contributed by atoms with E-state index >= 15 is 0 Å². The van der Waals surface area contributed by atoms with Crippen molar-refractivity contribution in [2.45, 2.75) is 6.54 Å². The van der Waals surface area contributed by atoms with Crippen LogP contribution in [0.2, 0.25) is 0 Å². The highest BCUT2D eigenvalue weighted by molar-refractivity contribution is 5.95. The van der Waals surface area contributed by atoms with Gasteiger partial charge in [-0.3, -0.25) is 4.79 Å². The van der Waals surface area contributed by atoms with E-state index in [1.54, 1.807) is 25.3 Å². The van der Waals surface area contributed by atoms with Crippen LogP contribution in [0.3, 0.4) is 0 Å². The van der Waals surface area contributed by atoms with Gasteiger partial charge in [-0.15, -0.1) is 0 Å². The van der Waals surface area contributed by atoms with E-state index < -0.39 is 0 Å². The van der Waals surface area contributed by atoms with E-state index in [4.69, 9.17) is 4.74 Å². The van der Waals surface area contributed by atoms with Gasteiger partial charge in [-0.25, -0.2) is 4.98 Å². The Morgan fingerprint density at radius 2 is 2.19 bits per heavy atom. The van der Waals surface area contributed by atoms with Gasteiger partial charge in [-0.05, 0) is 29.3 Å². The molecule has 1 aromatic heterocycles. The summed E-state index contributed by atoms with van der Waals surface area (Å²) in [5.41, 5.74) is 3.57. The van der Waals surface area contributed by atoms with Crippen LogP contribution in [0.5, 0.6) is 5.88 Å². The Balaban J connectivity index is 1.74. The Labute approximate surface area is 152 Å². The number of aromatic nitrogens is 1.